The molecule has 0 fully saturated rings. The highest BCUT2D eigenvalue weighted by atomic mass is 79.9. The highest BCUT2D eigenvalue weighted by Gasteiger charge is 2.36. The van der Waals surface area contributed by atoms with Crippen molar-refractivity contribution in [3.8, 4) is 0 Å². The number of aryl methyl sites for hydroxylation is 1. The highest BCUT2D eigenvalue weighted by molar-refractivity contribution is 9.10. The van der Waals surface area contributed by atoms with E-state index >= 15 is 0 Å². The maximum absolute atomic E-state index is 11.5. The molecule has 3 nitrogen and oxygen atoms in total. The first-order valence-electron chi connectivity index (χ1n) is 6.75. The molecule has 0 aromatic heterocycles. The number of nitrogens with one attached hydrogen (secondary N) is 1. The first kappa shape index (κ1) is 14.5. The van der Waals surface area contributed by atoms with E-state index in [1.165, 1.54) is 11.1 Å². The molecule has 2 N–H and O–H groups in total. The van der Waals surface area contributed by atoms with Crippen molar-refractivity contribution in [2.75, 3.05) is 0 Å². The maximum Gasteiger partial charge on any atom is 0.323 e. The van der Waals surface area contributed by atoms with Gasteiger partial charge in [0.05, 0.1) is 0 Å². The molecular weight excluding hydrogens is 306 g/mol. The van der Waals surface area contributed by atoms with Gasteiger partial charge in [0, 0.05) is 10.5 Å². The second-order valence-corrected chi connectivity index (χ2v) is 6.38. The van der Waals surface area contributed by atoms with Crippen molar-refractivity contribution in [1.82, 2.24) is 5.32 Å². The zero-order valence-corrected chi connectivity index (χ0v) is 13.0. The van der Waals surface area contributed by atoms with Gasteiger partial charge < -0.3 is 5.11 Å². The standard InChI is InChI=1S/C15H20BrNO2/c1-3-8-15(2,14(18)19)17-13-7-4-10-9-11(16)5-6-12(10)13/h5-6,9,13,17H,3-4,7-8H2,1-2H3,(H,18,19). The van der Waals surface area contributed by atoms with E-state index in [4.69, 9.17) is 0 Å². The van der Waals surface area contributed by atoms with E-state index in [1.807, 2.05) is 13.0 Å². The molecule has 1 aromatic rings. The third-order valence-corrected chi connectivity index (χ3v) is 4.39. The van der Waals surface area contributed by atoms with Gasteiger partial charge in [-0.2, -0.15) is 0 Å². The van der Waals surface area contributed by atoms with Crippen LogP contribution in [0.2, 0.25) is 0 Å². The molecule has 2 unspecified atom stereocenters. The summed E-state index contributed by atoms with van der Waals surface area (Å²) in [5.41, 5.74) is 1.72. The summed E-state index contributed by atoms with van der Waals surface area (Å²) < 4.78 is 1.08. The summed E-state index contributed by atoms with van der Waals surface area (Å²) in [6.07, 6.45) is 3.48. The Morgan fingerprint density at radius 3 is 2.95 bits per heavy atom. The number of carboxylic acids is 1. The molecule has 0 heterocycles. The fourth-order valence-electron chi connectivity index (χ4n) is 2.86. The number of hydrogen-bond acceptors (Lipinski definition) is 2. The van der Waals surface area contributed by atoms with Crippen LogP contribution in [0.25, 0.3) is 0 Å². The van der Waals surface area contributed by atoms with E-state index in [0.717, 1.165) is 23.7 Å². The minimum absolute atomic E-state index is 0.149. The molecule has 0 saturated carbocycles. The number of aliphatic carboxylic acids is 1. The monoisotopic (exact) mass is 325 g/mol. The summed E-state index contributed by atoms with van der Waals surface area (Å²) in [5.74, 6) is -0.764. The number of rotatable bonds is 5. The largest absolute Gasteiger partial charge is 0.480 e. The average molecular weight is 326 g/mol. The topological polar surface area (TPSA) is 49.3 Å². The van der Waals surface area contributed by atoms with Gasteiger partial charge in [0.15, 0.2) is 0 Å². The summed E-state index contributed by atoms with van der Waals surface area (Å²) in [6.45, 7) is 3.80. The lowest BCUT2D eigenvalue weighted by atomic mass is 9.94. The molecule has 0 bridgehead atoms. The van der Waals surface area contributed by atoms with Crippen LogP contribution in [-0.2, 0) is 11.2 Å². The third kappa shape index (κ3) is 3.00. The molecular formula is C15H20BrNO2. The minimum Gasteiger partial charge on any atom is -0.480 e. The number of carboxylic acid groups (broad SMARTS) is 1. The number of halogens is 1. The Morgan fingerprint density at radius 1 is 1.58 bits per heavy atom. The van der Waals surface area contributed by atoms with E-state index in [-0.39, 0.29) is 6.04 Å². The lowest BCUT2D eigenvalue weighted by molar-refractivity contribution is -0.144. The van der Waals surface area contributed by atoms with Crippen LogP contribution in [-0.4, -0.2) is 16.6 Å². The van der Waals surface area contributed by atoms with Crippen molar-refractivity contribution < 1.29 is 9.90 Å². The highest BCUT2D eigenvalue weighted by Crippen LogP contribution is 2.34. The fourth-order valence-corrected chi connectivity index (χ4v) is 3.27. The zero-order valence-electron chi connectivity index (χ0n) is 11.4. The van der Waals surface area contributed by atoms with E-state index in [0.29, 0.717) is 6.42 Å². The minimum atomic E-state index is -0.839. The molecule has 19 heavy (non-hydrogen) atoms. The predicted molar refractivity (Wildman–Crippen MR) is 79.3 cm³/mol. The number of hydrogen-bond donors (Lipinski definition) is 2. The average Bonchev–Trinajstić information content (AvgIpc) is 2.71. The fraction of sp³-hybridized carbons (Fsp3) is 0.533. The second-order valence-electron chi connectivity index (χ2n) is 5.47. The molecule has 2 atom stereocenters. The first-order valence-corrected chi connectivity index (χ1v) is 7.55. The molecule has 0 aliphatic heterocycles. The Hall–Kier alpha value is -0.870. The van der Waals surface area contributed by atoms with Crippen LogP contribution >= 0.6 is 15.9 Å². The van der Waals surface area contributed by atoms with Crippen molar-refractivity contribution >= 4 is 21.9 Å². The van der Waals surface area contributed by atoms with Gasteiger partial charge >= 0.3 is 5.97 Å². The number of benzene rings is 1. The summed E-state index contributed by atoms with van der Waals surface area (Å²) in [7, 11) is 0. The van der Waals surface area contributed by atoms with Crippen molar-refractivity contribution in [3.05, 3.63) is 33.8 Å². The van der Waals surface area contributed by atoms with Crippen molar-refractivity contribution in [2.24, 2.45) is 0 Å². The summed E-state index contributed by atoms with van der Waals surface area (Å²) >= 11 is 3.48. The zero-order chi connectivity index (χ0) is 14.0. The molecule has 0 radical (unpaired) electrons. The Morgan fingerprint density at radius 2 is 2.32 bits per heavy atom. The molecule has 1 aromatic carbocycles. The lowest BCUT2D eigenvalue weighted by Crippen LogP contribution is -2.50. The van der Waals surface area contributed by atoms with Crippen LogP contribution in [0.5, 0.6) is 0 Å². The van der Waals surface area contributed by atoms with Crippen LogP contribution in [0.15, 0.2) is 22.7 Å². The predicted octanol–water partition coefficient (Wildman–Crippen LogP) is 3.67. The van der Waals surface area contributed by atoms with E-state index < -0.39 is 11.5 Å². The Bertz CT molecular complexity index is 489. The van der Waals surface area contributed by atoms with Gasteiger partial charge in [-0.25, -0.2) is 0 Å². The van der Waals surface area contributed by atoms with Crippen molar-refractivity contribution in [1.29, 1.82) is 0 Å². The van der Waals surface area contributed by atoms with Gasteiger partial charge in [-0.05, 0) is 49.4 Å². The van der Waals surface area contributed by atoms with E-state index in [1.54, 1.807) is 6.92 Å². The molecule has 0 amide bonds. The Balaban J connectivity index is 2.20. The molecule has 104 valence electrons. The maximum atomic E-state index is 11.5. The molecule has 0 saturated heterocycles. The number of fused-ring (bicyclic) bond motifs is 1. The van der Waals surface area contributed by atoms with Gasteiger partial charge in [0.1, 0.15) is 5.54 Å². The van der Waals surface area contributed by atoms with Gasteiger partial charge in [0.25, 0.3) is 0 Å². The second kappa shape index (κ2) is 5.63. The van der Waals surface area contributed by atoms with Gasteiger partial charge in [-0.1, -0.05) is 35.3 Å². The van der Waals surface area contributed by atoms with Crippen molar-refractivity contribution in [2.45, 2.75) is 51.1 Å². The van der Waals surface area contributed by atoms with Crippen LogP contribution < -0.4 is 5.32 Å². The Labute approximate surface area is 122 Å². The van der Waals surface area contributed by atoms with Gasteiger partial charge in [-0.15, -0.1) is 0 Å². The van der Waals surface area contributed by atoms with Crippen LogP contribution in [0.1, 0.15) is 50.3 Å². The smallest absolute Gasteiger partial charge is 0.323 e. The summed E-state index contributed by atoms with van der Waals surface area (Å²) in [6, 6.07) is 6.40. The van der Waals surface area contributed by atoms with Crippen molar-refractivity contribution in [3.63, 3.8) is 0 Å². The molecule has 1 aliphatic carbocycles. The third-order valence-electron chi connectivity index (χ3n) is 3.90. The molecule has 4 heteroatoms. The van der Waals surface area contributed by atoms with Crippen LogP contribution in [0, 0.1) is 0 Å². The van der Waals surface area contributed by atoms with Crippen LogP contribution in [0.4, 0.5) is 0 Å². The van der Waals surface area contributed by atoms with Gasteiger partial charge in [-0.3, -0.25) is 10.1 Å². The van der Waals surface area contributed by atoms with Gasteiger partial charge in [0.2, 0.25) is 0 Å². The SMILES string of the molecule is CCCC(C)(NC1CCc2cc(Br)ccc21)C(=O)O. The van der Waals surface area contributed by atoms with E-state index in [9.17, 15) is 9.90 Å². The first-order chi connectivity index (χ1) is 8.96. The lowest BCUT2D eigenvalue weighted by Gasteiger charge is -2.30. The van der Waals surface area contributed by atoms with E-state index in [2.05, 4.69) is 33.4 Å². The molecule has 2 rings (SSSR count). The summed E-state index contributed by atoms with van der Waals surface area (Å²) in [4.78, 5) is 11.5. The Kier molecular flexibility index (Phi) is 4.31. The quantitative estimate of drug-likeness (QED) is 0.868. The summed E-state index contributed by atoms with van der Waals surface area (Å²) in [5, 5.41) is 12.8. The molecule has 1 aliphatic rings. The normalized spacial score (nSPS) is 20.9. The number of carbonyl (C=O) groups is 1. The molecule has 0 spiro atoms. The van der Waals surface area contributed by atoms with Crippen LogP contribution in [0.3, 0.4) is 0 Å².